The van der Waals surface area contributed by atoms with Crippen molar-refractivity contribution in [1.82, 2.24) is 0 Å². The number of anilines is 1. The highest BCUT2D eigenvalue weighted by Gasteiger charge is 2.51. The molecule has 1 aliphatic rings. The van der Waals surface area contributed by atoms with Gasteiger partial charge in [0.1, 0.15) is 5.75 Å². The Morgan fingerprint density at radius 3 is 2.25 bits per heavy atom. The van der Waals surface area contributed by atoms with Crippen LogP contribution < -0.4 is 10.5 Å². The van der Waals surface area contributed by atoms with E-state index in [-0.39, 0.29) is 22.8 Å². The normalized spacial score (nSPS) is 16.0. The lowest BCUT2D eigenvalue weighted by molar-refractivity contribution is -0.204. The number of esters is 2. The van der Waals surface area contributed by atoms with Crippen LogP contribution in [0, 0.1) is 0 Å². The number of benzene rings is 2. The Morgan fingerprint density at radius 1 is 1.06 bits per heavy atom. The molecule has 0 fully saturated rings. The molecule has 3 rings (SSSR count). The number of hydrogen-bond donors (Lipinski definition) is 1. The number of carbonyl (C=O) groups is 2. The summed E-state index contributed by atoms with van der Waals surface area (Å²) in [5, 5.41) is 0.102. The number of ether oxygens (including phenoxy) is 2. The zero-order chi connectivity index (χ0) is 23.8. The highest BCUT2D eigenvalue weighted by molar-refractivity contribution is 6.31. The number of halogens is 7. The molecule has 0 spiro atoms. The maximum Gasteiger partial charge on any atom is 0.491 e. The van der Waals surface area contributed by atoms with Crippen LogP contribution in [0.1, 0.15) is 16.7 Å². The SMILES string of the molecule is Nc1ccc(Cc2cc3c(cc2Cl)C=C(C(=O)OC(=O)C(F)(F)F)C(C(F)(F)F)O3)cc1. The molecule has 0 saturated carbocycles. The molecule has 2 aromatic rings. The predicted molar refractivity (Wildman–Crippen MR) is 101 cm³/mol. The first-order chi connectivity index (χ1) is 14.8. The van der Waals surface area contributed by atoms with E-state index in [1.54, 1.807) is 24.3 Å². The average Bonchev–Trinajstić information content (AvgIpc) is 2.67. The molecule has 1 unspecified atom stereocenters. The number of rotatable bonds is 3. The second-order valence-electron chi connectivity index (χ2n) is 6.71. The van der Waals surface area contributed by atoms with Gasteiger partial charge in [0.15, 0.2) is 0 Å². The molecule has 5 nitrogen and oxygen atoms in total. The van der Waals surface area contributed by atoms with Gasteiger partial charge in [-0.15, -0.1) is 0 Å². The van der Waals surface area contributed by atoms with Gasteiger partial charge in [-0.2, -0.15) is 26.3 Å². The molecule has 1 aliphatic heterocycles. The van der Waals surface area contributed by atoms with Crippen molar-refractivity contribution in [2.24, 2.45) is 0 Å². The van der Waals surface area contributed by atoms with Gasteiger partial charge >= 0.3 is 24.3 Å². The van der Waals surface area contributed by atoms with E-state index in [2.05, 4.69) is 4.74 Å². The molecule has 12 heteroatoms. The first kappa shape index (κ1) is 23.5. The van der Waals surface area contributed by atoms with E-state index in [1.165, 1.54) is 12.1 Å². The second kappa shape index (κ2) is 8.38. The van der Waals surface area contributed by atoms with E-state index in [9.17, 15) is 35.9 Å². The fourth-order valence-electron chi connectivity index (χ4n) is 2.86. The lowest BCUT2D eigenvalue weighted by Gasteiger charge is -2.28. The zero-order valence-electron chi connectivity index (χ0n) is 15.7. The van der Waals surface area contributed by atoms with Gasteiger partial charge < -0.3 is 15.2 Å². The van der Waals surface area contributed by atoms with Crippen LogP contribution in [0.2, 0.25) is 5.02 Å². The van der Waals surface area contributed by atoms with E-state index in [0.29, 0.717) is 17.3 Å². The largest absolute Gasteiger partial charge is 0.491 e. The monoisotopic (exact) mass is 479 g/mol. The maximum absolute atomic E-state index is 13.5. The fraction of sp³-hybridized carbons (Fsp3) is 0.200. The van der Waals surface area contributed by atoms with E-state index >= 15 is 0 Å². The third-order valence-electron chi connectivity index (χ3n) is 4.34. The van der Waals surface area contributed by atoms with Gasteiger partial charge in [-0.1, -0.05) is 23.7 Å². The van der Waals surface area contributed by atoms with Gasteiger partial charge in [0, 0.05) is 16.3 Å². The molecule has 2 aromatic carbocycles. The van der Waals surface area contributed by atoms with Gasteiger partial charge in [-0.3, -0.25) is 0 Å². The van der Waals surface area contributed by atoms with Gasteiger partial charge in [0.05, 0.1) is 5.57 Å². The first-order valence-electron chi connectivity index (χ1n) is 8.71. The van der Waals surface area contributed by atoms with E-state index in [1.807, 2.05) is 0 Å². The summed E-state index contributed by atoms with van der Waals surface area (Å²) < 4.78 is 85.8. The van der Waals surface area contributed by atoms with Gasteiger partial charge in [0.2, 0.25) is 6.10 Å². The molecular weight excluding hydrogens is 468 g/mol. The fourth-order valence-corrected chi connectivity index (χ4v) is 3.10. The summed E-state index contributed by atoms with van der Waals surface area (Å²) in [6, 6.07) is 9.05. The number of carbonyl (C=O) groups excluding carboxylic acids is 2. The Morgan fingerprint density at radius 2 is 1.69 bits per heavy atom. The standard InChI is InChI=1S/C20H12ClF6NO4/c21-14-7-11-6-13(17(29)32-18(30)20(25,26)27)16(19(22,23)24)31-15(11)8-10(14)5-9-1-3-12(28)4-2-9/h1-4,6-8,16H,5,28H2. The Bertz CT molecular complexity index is 1090. The number of nitrogen functional groups attached to an aromatic ring is 1. The van der Waals surface area contributed by atoms with Crippen LogP contribution >= 0.6 is 11.6 Å². The van der Waals surface area contributed by atoms with Crippen molar-refractivity contribution >= 4 is 35.3 Å². The molecule has 0 aliphatic carbocycles. The number of alkyl halides is 6. The van der Waals surface area contributed by atoms with Crippen LogP contribution in [-0.2, 0) is 20.7 Å². The van der Waals surface area contributed by atoms with Crippen LogP contribution in [0.4, 0.5) is 32.0 Å². The van der Waals surface area contributed by atoms with Crippen molar-refractivity contribution in [2.45, 2.75) is 24.9 Å². The van der Waals surface area contributed by atoms with Crippen molar-refractivity contribution in [2.75, 3.05) is 5.73 Å². The van der Waals surface area contributed by atoms with Crippen molar-refractivity contribution in [3.05, 3.63) is 63.7 Å². The van der Waals surface area contributed by atoms with Gasteiger partial charge in [-0.05, 0) is 47.9 Å². The van der Waals surface area contributed by atoms with E-state index in [0.717, 1.165) is 5.56 Å². The van der Waals surface area contributed by atoms with Crippen molar-refractivity contribution in [3.63, 3.8) is 0 Å². The third-order valence-corrected chi connectivity index (χ3v) is 4.69. The summed E-state index contributed by atoms with van der Waals surface area (Å²) in [7, 11) is 0. The van der Waals surface area contributed by atoms with Crippen molar-refractivity contribution in [1.29, 1.82) is 0 Å². The van der Waals surface area contributed by atoms with Crippen molar-refractivity contribution in [3.8, 4) is 5.75 Å². The Balaban J connectivity index is 1.97. The molecule has 1 atom stereocenters. The molecular formula is C20H12ClF6NO4. The summed E-state index contributed by atoms with van der Waals surface area (Å²) >= 11 is 6.19. The summed E-state index contributed by atoms with van der Waals surface area (Å²) in [6.07, 6.45) is -12.9. The molecule has 0 amide bonds. The minimum absolute atomic E-state index is 0.102. The van der Waals surface area contributed by atoms with Crippen LogP contribution in [0.15, 0.2) is 42.0 Å². The van der Waals surface area contributed by atoms with Crippen LogP contribution in [0.3, 0.4) is 0 Å². The number of nitrogens with two attached hydrogens (primary N) is 1. The highest BCUT2D eigenvalue weighted by Crippen LogP contribution is 2.40. The average molecular weight is 480 g/mol. The number of hydrogen-bond acceptors (Lipinski definition) is 5. The molecule has 170 valence electrons. The van der Waals surface area contributed by atoms with Crippen molar-refractivity contribution < 1.29 is 45.4 Å². The Labute approximate surface area is 181 Å². The molecule has 32 heavy (non-hydrogen) atoms. The molecule has 1 heterocycles. The molecule has 0 bridgehead atoms. The van der Waals surface area contributed by atoms with E-state index < -0.39 is 36.0 Å². The summed E-state index contributed by atoms with van der Waals surface area (Å²) in [5.74, 6) is -5.39. The second-order valence-corrected chi connectivity index (χ2v) is 7.12. The lowest BCUT2D eigenvalue weighted by Crippen LogP contribution is -2.42. The Hall–Kier alpha value is -3.21. The summed E-state index contributed by atoms with van der Waals surface area (Å²) in [6.45, 7) is 0. The zero-order valence-corrected chi connectivity index (χ0v) is 16.4. The molecule has 0 aromatic heterocycles. The van der Waals surface area contributed by atoms with Crippen LogP contribution in [-0.4, -0.2) is 30.4 Å². The smallest absolute Gasteiger partial charge is 0.475 e. The maximum atomic E-state index is 13.5. The first-order valence-corrected chi connectivity index (χ1v) is 9.08. The van der Waals surface area contributed by atoms with Crippen LogP contribution in [0.5, 0.6) is 5.75 Å². The summed E-state index contributed by atoms with van der Waals surface area (Å²) in [5.41, 5.74) is 5.82. The lowest BCUT2D eigenvalue weighted by atomic mass is 9.97. The van der Waals surface area contributed by atoms with Gasteiger partial charge in [-0.25, -0.2) is 9.59 Å². The Kier molecular flexibility index (Phi) is 6.14. The molecule has 0 saturated heterocycles. The van der Waals surface area contributed by atoms with Gasteiger partial charge in [0.25, 0.3) is 0 Å². The minimum Gasteiger partial charge on any atom is -0.475 e. The number of fused-ring (bicyclic) bond motifs is 1. The van der Waals surface area contributed by atoms with E-state index in [4.69, 9.17) is 22.1 Å². The summed E-state index contributed by atoms with van der Waals surface area (Å²) in [4.78, 5) is 22.8. The minimum atomic E-state index is -5.57. The quantitative estimate of drug-likeness (QED) is 0.295. The van der Waals surface area contributed by atoms with Crippen LogP contribution in [0.25, 0.3) is 6.08 Å². The third kappa shape index (κ3) is 5.16. The molecule has 2 N–H and O–H groups in total. The predicted octanol–water partition coefficient (Wildman–Crippen LogP) is 4.85. The highest BCUT2D eigenvalue weighted by atomic mass is 35.5. The molecule has 0 radical (unpaired) electrons. The topological polar surface area (TPSA) is 78.6 Å².